The van der Waals surface area contributed by atoms with Gasteiger partial charge in [-0.1, -0.05) is 12.1 Å². The Morgan fingerprint density at radius 3 is 2.75 bits per heavy atom. The molecule has 0 saturated heterocycles. The molecule has 130 valence electrons. The molecule has 1 aromatic heterocycles. The van der Waals surface area contributed by atoms with Gasteiger partial charge in [0, 0.05) is 12.5 Å². The second-order valence-electron chi connectivity index (χ2n) is 6.39. The lowest BCUT2D eigenvalue weighted by Gasteiger charge is -2.21. The summed E-state index contributed by atoms with van der Waals surface area (Å²) in [7, 11) is 1.52. The summed E-state index contributed by atoms with van der Waals surface area (Å²) in [4.78, 5) is 20.5. The molecule has 1 aromatic carbocycles. The third-order valence-corrected chi connectivity index (χ3v) is 3.34. The summed E-state index contributed by atoms with van der Waals surface area (Å²) in [5.74, 6) is 0.0642. The van der Waals surface area contributed by atoms with Gasteiger partial charge in [0.15, 0.2) is 0 Å². The number of carbonyl (C=O) groups is 1. The molecule has 0 spiro atoms. The minimum Gasteiger partial charge on any atom is -0.480 e. The van der Waals surface area contributed by atoms with Gasteiger partial charge < -0.3 is 19.9 Å². The molecule has 1 amide bonds. The zero-order valence-electron chi connectivity index (χ0n) is 14.4. The van der Waals surface area contributed by atoms with Gasteiger partial charge in [-0.2, -0.15) is 0 Å². The van der Waals surface area contributed by atoms with Crippen LogP contribution in [0.25, 0.3) is 11.0 Å². The van der Waals surface area contributed by atoms with E-state index in [4.69, 9.17) is 9.47 Å². The molecule has 2 N–H and O–H groups in total. The number of aromatic nitrogens is 2. The van der Waals surface area contributed by atoms with Crippen molar-refractivity contribution in [3.05, 3.63) is 30.0 Å². The number of fused-ring (bicyclic) bond motifs is 1. The van der Waals surface area contributed by atoms with Crippen molar-refractivity contribution in [2.45, 2.75) is 32.3 Å². The zero-order chi connectivity index (χ0) is 17.7. The first-order chi connectivity index (χ1) is 11.3. The maximum Gasteiger partial charge on any atom is 0.407 e. The Balaban J connectivity index is 2.21. The zero-order valence-corrected chi connectivity index (χ0v) is 14.4. The van der Waals surface area contributed by atoms with Crippen molar-refractivity contribution in [3.8, 4) is 5.88 Å². The molecular formula is C17H23N3O4. The first-order valence-corrected chi connectivity index (χ1v) is 7.71. The van der Waals surface area contributed by atoms with Gasteiger partial charge in [0.25, 0.3) is 0 Å². The third-order valence-electron chi connectivity index (χ3n) is 3.34. The quantitative estimate of drug-likeness (QED) is 0.871. The number of alkyl carbamates (subject to hydrolysis) is 1. The lowest BCUT2D eigenvalue weighted by molar-refractivity contribution is 0.0521. The van der Waals surface area contributed by atoms with Gasteiger partial charge in [-0.25, -0.2) is 14.8 Å². The average Bonchev–Trinajstić information content (AvgIpc) is 2.53. The van der Waals surface area contributed by atoms with Crippen LogP contribution in [-0.2, 0) is 4.74 Å². The van der Waals surface area contributed by atoms with Crippen molar-refractivity contribution in [2.75, 3.05) is 20.3 Å². The Morgan fingerprint density at radius 1 is 1.38 bits per heavy atom. The Hall–Kier alpha value is -2.41. The van der Waals surface area contributed by atoms with Crippen LogP contribution >= 0.6 is 0 Å². The van der Waals surface area contributed by atoms with Gasteiger partial charge in [-0.15, -0.1) is 0 Å². The van der Waals surface area contributed by atoms with E-state index < -0.39 is 11.7 Å². The number of amides is 1. The summed E-state index contributed by atoms with van der Waals surface area (Å²) in [6.07, 6.45) is 1.02. The van der Waals surface area contributed by atoms with Crippen molar-refractivity contribution < 1.29 is 19.4 Å². The summed E-state index contributed by atoms with van der Waals surface area (Å²) in [6.45, 7) is 5.46. The monoisotopic (exact) mass is 333 g/mol. The van der Waals surface area contributed by atoms with E-state index in [1.165, 1.54) is 7.11 Å². The third kappa shape index (κ3) is 4.55. The highest BCUT2D eigenvalue weighted by Gasteiger charge is 2.20. The number of ether oxygens (including phenoxy) is 2. The predicted octanol–water partition coefficient (Wildman–Crippen LogP) is 2.24. The van der Waals surface area contributed by atoms with Gasteiger partial charge >= 0.3 is 6.09 Å². The maximum absolute atomic E-state index is 11.8. The van der Waals surface area contributed by atoms with Crippen LogP contribution in [0, 0.1) is 0 Å². The van der Waals surface area contributed by atoms with Crippen molar-refractivity contribution in [3.63, 3.8) is 0 Å². The SMILES string of the molecule is COc1cnc2cccc(C(CO)CNC(=O)OC(C)(C)C)c2n1. The summed E-state index contributed by atoms with van der Waals surface area (Å²) in [5, 5.41) is 12.4. The summed E-state index contributed by atoms with van der Waals surface area (Å²) >= 11 is 0. The highest BCUT2D eigenvalue weighted by Crippen LogP contribution is 2.24. The molecule has 0 bridgehead atoms. The number of methoxy groups -OCH3 is 1. The highest BCUT2D eigenvalue weighted by atomic mass is 16.6. The topological polar surface area (TPSA) is 93.6 Å². The van der Waals surface area contributed by atoms with Crippen LogP contribution in [0.15, 0.2) is 24.4 Å². The molecule has 1 unspecified atom stereocenters. The number of hydrogen-bond acceptors (Lipinski definition) is 6. The van der Waals surface area contributed by atoms with Gasteiger partial charge in [-0.3, -0.25) is 0 Å². The Kier molecular flexibility index (Phi) is 5.56. The van der Waals surface area contributed by atoms with Crippen molar-refractivity contribution in [1.29, 1.82) is 0 Å². The van der Waals surface area contributed by atoms with Crippen LogP contribution in [0.1, 0.15) is 32.3 Å². The number of rotatable bonds is 5. The van der Waals surface area contributed by atoms with Crippen LogP contribution in [0.2, 0.25) is 0 Å². The van der Waals surface area contributed by atoms with Gasteiger partial charge in [0.1, 0.15) is 5.60 Å². The Bertz CT molecular complexity index is 713. The van der Waals surface area contributed by atoms with E-state index in [1.54, 1.807) is 27.0 Å². The van der Waals surface area contributed by atoms with Crippen molar-refractivity contribution in [1.82, 2.24) is 15.3 Å². The first kappa shape index (κ1) is 17.9. The van der Waals surface area contributed by atoms with E-state index in [2.05, 4.69) is 15.3 Å². The fraction of sp³-hybridized carbons (Fsp3) is 0.471. The van der Waals surface area contributed by atoms with E-state index in [9.17, 15) is 9.90 Å². The number of carbonyl (C=O) groups excluding carboxylic acids is 1. The van der Waals surface area contributed by atoms with Gasteiger partial charge in [0.2, 0.25) is 5.88 Å². The van der Waals surface area contributed by atoms with Gasteiger partial charge in [-0.05, 0) is 32.4 Å². The predicted molar refractivity (Wildman–Crippen MR) is 90.2 cm³/mol. The smallest absolute Gasteiger partial charge is 0.407 e. The number of nitrogens with zero attached hydrogens (tertiary/aromatic N) is 2. The molecule has 7 heteroatoms. The molecule has 2 aromatic rings. The first-order valence-electron chi connectivity index (χ1n) is 7.71. The Labute approximate surface area is 141 Å². The normalized spacial score (nSPS) is 12.7. The molecule has 0 saturated carbocycles. The maximum atomic E-state index is 11.8. The Morgan fingerprint density at radius 2 is 2.12 bits per heavy atom. The number of benzene rings is 1. The number of aliphatic hydroxyl groups excluding tert-OH is 1. The molecule has 24 heavy (non-hydrogen) atoms. The summed E-state index contributed by atoms with van der Waals surface area (Å²) < 4.78 is 10.3. The van der Waals surface area contributed by atoms with Crippen LogP contribution in [0.3, 0.4) is 0 Å². The second kappa shape index (κ2) is 7.44. The fourth-order valence-electron chi connectivity index (χ4n) is 2.26. The summed E-state index contributed by atoms with van der Waals surface area (Å²) in [5.41, 5.74) is 1.56. The molecule has 1 heterocycles. The molecule has 2 rings (SSSR count). The molecular weight excluding hydrogens is 310 g/mol. The lowest BCUT2D eigenvalue weighted by Crippen LogP contribution is -2.35. The van der Waals surface area contributed by atoms with Crippen molar-refractivity contribution in [2.24, 2.45) is 0 Å². The van der Waals surface area contributed by atoms with E-state index in [-0.39, 0.29) is 19.1 Å². The van der Waals surface area contributed by atoms with E-state index >= 15 is 0 Å². The van der Waals surface area contributed by atoms with Crippen LogP contribution in [0.5, 0.6) is 5.88 Å². The summed E-state index contributed by atoms with van der Waals surface area (Å²) in [6, 6.07) is 5.53. The molecule has 7 nitrogen and oxygen atoms in total. The minimum absolute atomic E-state index is 0.145. The van der Waals surface area contributed by atoms with Crippen molar-refractivity contribution >= 4 is 17.1 Å². The van der Waals surface area contributed by atoms with Crippen LogP contribution < -0.4 is 10.1 Å². The van der Waals surface area contributed by atoms with Crippen LogP contribution in [-0.4, -0.2) is 47.0 Å². The van der Waals surface area contributed by atoms with E-state index in [0.717, 1.165) is 5.56 Å². The van der Waals surface area contributed by atoms with E-state index in [0.29, 0.717) is 16.9 Å². The number of aliphatic hydroxyl groups is 1. The second-order valence-corrected chi connectivity index (χ2v) is 6.39. The number of hydrogen-bond donors (Lipinski definition) is 2. The molecule has 0 fully saturated rings. The highest BCUT2D eigenvalue weighted by molar-refractivity contribution is 5.79. The largest absolute Gasteiger partial charge is 0.480 e. The average molecular weight is 333 g/mol. The number of para-hydroxylation sites is 1. The van der Waals surface area contributed by atoms with E-state index in [1.807, 2.05) is 18.2 Å². The van der Waals surface area contributed by atoms with Gasteiger partial charge in [0.05, 0.1) is 30.9 Å². The van der Waals surface area contributed by atoms with Crippen LogP contribution in [0.4, 0.5) is 4.79 Å². The molecule has 0 aliphatic rings. The fourth-order valence-corrected chi connectivity index (χ4v) is 2.26. The molecule has 0 radical (unpaired) electrons. The number of nitrogens with one attached hydrogen (secondary N) is 1. The lowest BCUT2D eigenvalue weighted by atomic mass is 9.98. The molecule has 0 aliphatic carbocycles. The minimum atomic E-state index is -0.572. The standard InChI is InChI=1S/C17H23N3O4/c1-17(2,3)24-16(22)19-8-11(10-21)12-6-5-7-13-15(12)20-14(23-4)9-18-13/h5-7,9,11,21H,8,10H2,1-4H3,(H,19,22). The molecule has 1 atom stereocenters. The molecule has 0 aliphatic heterocycles.